The number of likely N-dealkylation sites (N-methyl/N-ethyl adjacent to an activating group) is 1. The molecular formula is C14H20N4O2. The van der Waals surface area contributed by atoms with Gasteiger partial charge in [0.1, 0.15) is 0 Å². The molecule has 0 unspecified atom stereocenters. The zero-order chi connectivity index (χ0) is 14.7. The Labute approximate surface area is 118 Å². The fraction of sp³-hybridized carbons (Fsp3) is 0.429. The molecule has 6 nitrogen and oxygen atoms in total. The first-order valence-corrected chi connectivity index (χ1v) is 6.67. The van der Waals surface area contributed by atoms with Gasteiger partial charge in [0.15, 0.2) is 0 Å². The Morgan fingerprint density at radius 2 is 1.95 bits per heavy atom. The number of amides is 2. The molecular weight excluding hydrogens is 256 g/mol. The zero-order valence-electron chi connectivity index (χ0n) is 11.6. The number of nitrogens with zero attached hydrogens (tertiary/aromatic N) is 2. The Kier molecular flexibility index (Phi) is 4.12. The van der Waals surface area contributed by atoms with Crippen molar-refractivity contribution >= 4 is 23.2 Å². The molecule has 108 valence electrons. The van der Waals surface area contributed by atoms with Gasteiger partial charge in [0.05, 0.1) is 17.9 Å². The van der Waals surface area contributed by atoms with Crippen LogP contribution in [0.25, 0.3) is 0 Å². The van der Waals surface area contributed by atoms with Crippen LogP contribution in [0.3, 0.4) is 0 Å². The second kappa shape index (κ2) is 5.81. The van der Waals surface area contributed by atoms with Gasteiger partial charge in [-0.3, -0.25) is 9.59 Å². The van der Waals surface area contributed by atoms with E-state index in [2.05, 4.69) is 0 Å². The minimum Gasteiger partial charge on any atom is -0.397 e. The minimum atomic E-state index is -0.515. The number of primary amides is 1. The maximum Gasteiger partial charge on any atom is 0.248 e. The van der Waals surface area contributed by atoms with Crippen LogP contribution in [0, 0.1) is 0 Å². The highest BCUT2D eigenvalue weighted by Gasteiger charge is 2.20. The van der Waals surface area contributed by atoms with Crippen molar-refractivity contribution in [2.45, 2.75) is 12.8 Å². The Hall–Kier alpha value is -2.24. The van der Waals surface area contributed by atoms with Crippen molar-refractivity contribution in [2.75, 3.05) is 37.3 Å². The highest BCUT2D eigenvalue weighted by molar-refractivity contribution is 5.95. The Bertz CT molecular complexity index is 524. The molecule has 1 fully saturated rings. The molecule has 1 aliphatic heterocycles. The first kappa shape index (κ1) is 14.2. The maximum atomic E-state index is 12.1. The molecule has 20 heavy (non-hydrogen) atoms. The van der Waals surface area contributed by atoms with Crippen molar-refractivity contribution < 1.29 is 9.59 Å². The predicted octanol–water partition coefficient (Wildman–Crippen LogP) is 0.426. The highest BCUT2D eigenvalue weighted by atomic mass is 16.2. The average molecular weight is 276 g/mol. The fourth-order valence-electron chi connectivity index (χ4n) is 2.41. The number of hydrogen-bond acceptors (Lipinski definition) is 4. The molecule has 0 bridgehead atoms. The largest absolute Gasteiger partial charge is 0.397 e. The molecule has 1 aliphatic rings. The lowest BCUT2D eigenvalue weighted by Crippen LogP contribution is -2.37. The van der Waals surface area contributed by atoms with Crippen molar-refractivity contribution in [3.8, 4) is 0 Å². The lowest BCUT2D eigenvalue weighted by Gasteiger charge is -2.24. The number of rotatable bonds is 4. The third-order valence-corrected chi connectivity index (χ3v) is 3.55. The van der Waals surface area contributed by atoms with Gasteiger partial charge in [0.25, 0.3) is 0 Å². The van der Waals surface area contributed by atoms with E-state index >= 15 is 0 Å². The third kappa shape index (κ3) is 3.01. The fourth-order valence-corrected chi connectivity index (χ4v) is 2.41. The number of nitrogen functional groups attached to an aromatic ring is 1. The normalized spacial score (nSPS) is 14.3. The molecule has 0 aromatic heterocycles. The van der Waals surface area contributed by atoms with Crippen LogP contribution in [0.1, 0.15) is 23.2 Å². The molecule has 0 spiro atoms. The first-order valence-electron chi connectivity index (χ1n) is 6.67. The van der Waals surface area contributed by atoms with Crippen LogP contribution >= 0.6 is 0 Å². The van der Waals surface area contributed by atoms with E-state index in [4.69, 9.17) is 11.5 Å². The van der Waals surface area contributed by atoms with Gasteiger partial charge in [-0.25, -0.2) is 0 Å². The van der Waals surface area contributed by atoms with Crippen molar-refractivity contribution in [3.63, 3.8) is 0 Å². The van der Waals surface area contributed by atoms with Crippen molar-refractivity contribution in [3.05, 3.63) is 23.8 Å². The lowest BCUT2D eigenvalue weighted by molar-refractivity contribution is -0.128. The molecule has 2 amide bonds. The quantitative estimate of drug-likeness (QED) is 0.780. The highest BCUT2D eigenvalue weighted by Crippen LogP contribution is 2.23. The van der Waals surface area contributed by atoms with Crippen LogP contribution in [0.4, 0.5) is 11.4 Å². The molecule has 0 aliphatic carbocycles. The van der Waals surface area contributed by atoms with Crippen molar-refractivity contribution in [1.29, 1.82) is 0 Å². The number of carbonyl (C=O) groups excluding carboxylic acids is 2. The summed E-state index contributed by atoms with van der Waals surface area (Å²) in [4.78, 5) is 26.8. The Balaban J connectivity index is 2.06. The molecule has 1 saturated heterocycles. The number of likely N-dealkylation sites (tertiary alicyclic amines) is 1. The number of hydrogen-bond donors (Lipinski definition) is 2. The summed E-state index contributed by atoms with van der Waals surface area (Å²) in [5.74, 6) is -0.414. The summed E-state index contributed by atoms with van der Waals surface area (Å²) in [7, 11) is 1.81. The summed E-state index contributed by atoms with van der Waals surface area (Å²) in [6.45, 7) is 1.95. The molecule has 0 saturated carbocycles. The SMILES string of the molecule is CN(CC(=O)N1CCCC1)c1ccc(C(N)=O)cc1N. The van der Waals surface area contributed by atoms with Crippen LogP contribution in [-0.4, -0.2) is 43.4 Å². The van der Waals surface area contributed by atoms with Crippen LogP contribution in [0.5, 0.6) is 0 Å². The van der Waals surface area contributed by atoms with E-state index < -0.39 is 5.91 Å². The summed E-state index contributed by atoms with van der Waals surface area (Å²) in [6, 6.07) is 4.87. The zero-order valence-corrected chi connectivity index (χ0v) is 11.6. The van der Waals surface area contributed by atoms with Crippen molar-refractivity contribution in [1.82, 2.24) is 4.90 Å². The summed E-state index contributed by atoms with van der Waals surface area (Å²) >= 11 is 0. The van der Waals surface area contributed by atoms with E-state index in [-0.39, 0.29) is 12.5 Å². The molecule has 1 heterocycles. The van der Waals surface area contributed by atoms with E-state index in [0.29, 0.717) is 11.3 Å². The van der Waals surface area contributed by atoms with E-state index in [1.165, 1.54) is 6.07 Å². The summed E-state index contributed by atoms with van der Waals surface area (Å²) in [5.41, 5.74) is 12.7. The number of anilines is 2. The van der Waals surface area contributed by atoms with E-state index in [1.807, 2.05) is 11.9 Å². The molecule has 1 aromatic carbocycles. The number of carbonyl (C=O) groups is 2. The lowest BCUT2D eigenvalue weighted by atomic mass is 10.1. The monoisotopic (exact) mass is 276 g/mol. The van der Waals surface area contributed by atoms with Crippen LogP contribution in [0.2, 0.25) is 0 Å². The Morgan fingerprint density at radius 3 is 2.50 bits per heavy atom. The number of benzene rings is 1. The van der Waals surface area contributed by atoms with Gasteiger partial charge in [-0.15, -0.1) is 0 Å². The third-order valence-electron chi connectivity index (χ3n) is 3.55. The van der Waals surface area contributed by atoms with Gasteiger partial charge in [-0.1, -0.05) is 0 Å². The van der Waals surface area contributed by atoms with Crippen molar-refractivity contribution in [2.24, 2.45) is 5.73 Å². The van der Waals surface area contributed by atoms with Gasteiger partial charge < -0.3 is 21.3 Å². The van der Waals surface area contributed by atoms with E-state index in [0.717, 1.165) is 31.6 Å². The summed E-state index contributed by atoms with van der Waals surface area (Å²) in [5, 5.41) is 0. The van der Waals surface area contributed by atoms with Crippen LogP contribution in [0.15, 0.2) is 18.2 Å². The molecule has 1 aromatic rings. The second-order valence-corrected chi connectivity index (χ2v) is 5.08. The molecule has 0 atom stereocenters. The van der Waals surface area contributed by atoms with Gasteiger partial charge >= 0.3 is 0 Å². The van der Waals surface area contributed by atoms with Gasteiger partial charge in [0.2, 0.25) is 11.8 Å². The average Bonchev–Trinajstić information content (AvgIpc) is 2.92. The second-order valence-electron chi connectivity index (χ2n) is 5.08. The first-order chi connectivity index (χ1) is 9.49. The maximum absolute atomic E-state index is 12.1. The van der Waals surface area contributed by atoms with Gasteiger partial charge in [-0.05, 0) is 31.0 Å². The standard InChI is InChI=1S/C14H20N4O2/c1-17(9-13(19)18-6-2-3-7-18)12-5-4-10(14(16)20)8-11(12)15/h4-5,8H,2-3,6-7,9,15H2,1H3,(H2,16,20). The molecule has 4 N–H and O–H groups in total. The topological polar surface area (TPSA) is 92.7 Å². The molecule has 2 rings (SSSR count). The van der Waals surface area contributed by atoms with Gasteiger partial charge in [0, 0.05) is 25.7 Å². The van der Waals surface area contributed by atoms with Gasteiger partial charge in [-0.2, -0.15) is 0 Å². The Morgan fingerprint density at radius 1 is 1.30 bits per heavy atom. The predicted molar refractivity (Wildman–Crippen MR) is 78.5 cm³/mol. The summed E-state index contributed by atoms with van der Waals surface area (Å²) < 4.78 is 0. The van der Waals surface area contributed by atoms with E-state index in [1.54, 1.807) is 17.0 Å². The van der Waals surface area contributed by atoms with E-state index in [9.17, 15) is 9.59 Å². The minimum absolute atomic E-state index is 0.100. The van der Waals surface area contributed by atoms with Crippen LogP contribution in [-0.2, 0) is 4.79 Å². The number of nitrogens with two attached hydrogens (primary N) is 2. The summed E-state index contributed by atoms with van der Waals surface area (Å²) in [6.07, 6.45) is 2.15. The smallest absolute Gasteiger partial charge is 0.248 e. The molecule has 6 heteroatoms. The molecule has 0 radical (unpaired) electrons. The van der Waals surface area contributed by atoms with Crippen LogP contribution < -0.4 is 16.4 Å².